The van der Waals surface area contributed by atoms with E-state index in [1.54, 1.807) is 13.0 Å². The third-order valence-corrected chi connectivity index (χ3v) is 6.57. The van der Waals surface area contributed by atoms with Crippen LogP contribution in [-0.4, -0.2) is 104 Å². The van der Waals surface area contributed by atoms with Gasteiger partial charge < -0.3 is 54.7 Å². The number of hydrogen-bond acceptors (Lipinski definition) is 11. The summed E-state index contributed by atoms with van der Waals surface area (Å²) in [5, 5.41) is 71.1. The molecular formula is C23H32O11. The summed E-state index contributed by atoms with van der Waals surface area (Å²) in [6.07, 6.45) is -9.75. The molecule has 0 amide bonds. The van der Waals surface area contributed by atoms with E-state index in [-0.39, 0.29) is 19.0 Å². The van der Waals surface area contributed by atoms with Gasteiger partial charge in [0.1, 0.15) is 54.2 Å². The van der Waals surface area contributed by atoms with Crippen LogP contribution in [0.2, 0.25) is 0 Å². The monoisotopic (exact) mass is 484 g/mol. The Morgan fingerprint density at radius 2 is 1.62 bits per heavy atom. The molecule has 9 atom stereocenters. The van der Waals surface area contributed by atoms with Crippen molar-refractivity contribution in [3.63, 3.8) is 0 Å². The van der Waals surface area contributed by atoms with Crippen molar-refractivity contribution in [1.29, 1.82) is 0 Å². The predicted molar refractivity (Wildman–Crippen MR) is 115 cm³/mol. The van der Waals surface area contributed by atoms with E-state index in [0.29, 0.717) is 24.2 Å². The number of fused-ring (bicyclic) bond motifs is 1. The van der Waals surface area contributed by atoms with E-state index >= 15 is 0 Å². The van der Waals surface area contributed by atoms with Crippen LogP contribution in [0, 0.1) is 6.92 Å². The molecule has 3 aliphatic rings. The molecule has 1 aliphatic carbocycles. The van der Waals surface area contributed by atoms with Crippen LogP contribution in [0.3, 0.4) is 0 Å². The molecule has 0 aromatic heterocycles. The van der Waals surface area contributed by atoms with Crippen LogP contribution in [0.5, 0.6) is 11.5 Å². The van der Waals surface area contributed by atoms with Crippen LogP contribution in [0.15, 0.2) is 17.7 Å². The lowest BCUT2D eigenvalue weighted by molar-refractivity contribution is -0.307. The summed E-state index contributed by atoms with van der Waals surface area (Å²) in [4.78, 5) is 0. The largest absolute Gasteiger partial charge is 0.507 e. The van der Waals surface area contributed by atoms with E-state index in [4.69, 9.17) is 18.9 Å². The summed E-state index contributed by atoms with van der Waals surface area (Å²) >= 11 is 0. The van der Waals surface area contributed by atoms with Gasteiger partial charge in [-0.2, -0.15) is 0 Å². The van der Waals surface area contributed by atoms with Gasteiger partial charge in [-0.1, -0.05) is 11.6 Å². The van der Waals surface area contributed by atoms with Crippen molar-refractivity contribution < 1.29 is 54.7 Å². The van der Waals surface area contributed by atoms with Gasteiger partial charge in [-0.25, -0.2) is 0 Å². The van der Waals surface area contributed by atoms with Gasteiger partial charge in [0, 0.05) is 11.1 Å². The molecule has 7 N–H and O–H groups in total. The van der Waals surface area contributed by atoms with E-state index in [2.05, 4.69) is 0 Å². The number of phenolic OH excluding ortho intramolecular Hbond substituents is 1. The Morgan fingerprint density at radius 1 is 0.912 bits per heavy atom. The van der Waals surface area contributed by atoms with E-state index in [1.807, 2.05) is 13.0 Å². The zero-order chi connectivity index (χ0) is 24.7. The van der Waals surface area contributed by atoms with Crippen molar-refractivity contribution in [3.05, 3.63) is 34.4 Å². The minimum atomic E-state index is -1.62. The summed E-state index contributed by atoms with van der Waals surface area (Å²) in [5.41, 5.74) is 3.15. The normalized spacial score (nSPS) is 38.2. The average Bonchev–Trinajstić information content (AvgIpc) is 2.81. The number of aryl methyl sites for hydroxylation is 1. The first kappa shape index (κ1) is 25.3. The van der Waals surface area contributed by atoms with Gasteiger partial charge in [-0.3, -0.25) is 0 Å². The zero-order valence-electron chi connectivity index (χ0n) is 18.9. The number of phenols is 1. The maximum Gasteiger partial charge on any atom is 0.229 e. The predicted octanol–water partition coefficient (Wildman–Crippen LogP) is -1.61. The molecule has 11 heteroatoms. The maximum atomic E-state index is 10.5. The molecule has 34 heavy (non-hydrogen) atoms. The summed E-state index contributed by atoms with van der Waals surface area (Å²) in [7, 11) is 0. The second-order valence-electron chi connectivity index (χ2n) is 9.14. The van der Waals surface area contributed by atoms with E-state index < -0.39 is 55.3 Å². The molecule has 4 rings (SSSR count). The van der Waals surface area contributed by atoms with Gasteiger partial charge in [-0.05, 0) is 38.3 Å². The Kier molecular flexibility index (Phi) is 7.48. The number of aromatic hydroxyl groups is 1. The van der Waals surface area contributed by atoms with Crippen LogP contribution in [0.4, 0.5) is 0 Å². The molecule has 0 radical (unpaired) electrons. The molecular weight excluding hydrogens is 452 g/mol. The van der Waals surface area contributed by atoms with Crippen molar-refractivity contribution in [3.8, 4) is 11.5 Å². The third-order valence-electron chi connectivity index (χ3n) is 6.57. The van der Waals surface area contributed by atoms with Crippen LogP contribution in [0.1, 0.15) is 23.6 Å². The first-order valence-electron chi connectivity index (χ1n) is 11.2. The minimum absolute atomic E-state index is 0.181. The lowest BCUT2D eigenvalue weighted by atomic mass is 9.89. The lowest BCUT2D eigenvalue weighted by Gasteiger charge is -2.41. The number of hydrogen-bond donors (Lipinski definition) is 7. The molecule has 1 aromatic rings. The summed E-state index contributed by atoms with van der Waals surface area (Å²) in [5.74, 6) is 0.560. The number of rotatable bonds is 5. The zero-order valence-corrected chi connectivity index (χ0v) is 18.9. The van der Waals surface area contributed by atoms with Crippen LogP contribution < -0.4 is 4.74 Å². The van der Waals surface area contributed by atoms with Crippen LogP contribution >= 0.6 is 0 Å². The van der Waals surface area contributed by atoms with Gasteiger partial charge >= 0.3 is 0 Å². The van der Waals surface area contributed by atoms with Crippen LogP contribution in [0.25, 0.3) is 0 Å². The fourth-order valence-electron chi connectivity index (χ4n) is 4.42. The van der Waals surface area contributed by atoms with Crippen molar-refractivity contribution in [2.75, 3.05) is 13.2 Å². The Bertz CT molecular complexity index is 919. The standard InChI is InChI=1S/C23H32O11/c1-9-3-4-11-12(5-9)16(25)10(2)6-14(11)33-23-21(30)19(28)18(27)15(34-23)8-32-22-20(29)17(26)13(24)7-31-22/h3,6,13,15,17-30H,4-5,7-8H2,1-2H3. The maximum absolute atomic E-state index is 10.5. The van der Waals surface area contributed by atoms with Crippen molar-refractivity contribution in [1.82, 2.24) is 0 Å². The Labute approximate surface area is 196 Å². The number of ether oxygens (including phenoxy) is 4. The molecule has 11 nitrogen and oxygen atoms in total. The van der Waals surface area contributed by atoms with Crippen molar-refractivity contribution in [2.45, 2.75) is 82.0 Å². The van der Waals surface area contributed by atoms with Crippen molar-refractivity contribution >= 4 is 0 Å². The quantitative estimate of drug-likeness (QED) is 0.239. The van der Waals surface area contributed by atoms with E-state index in [0.717, 1.165) is 16.7 Å². The Hall–Kier alpha value is -1.80. The van der Waals surface area contributed by atoms with Gasteiger partial charge in [0.25, 0.3) is 0 Å². The van der Waals surface area contributed by atoms with Crippen LogP contribution in [-0.2, 0) is 27.1 Å². The molecule has 0 bridgehead atoms. The number of allylic oxidation sites excluding steroid dienone is 2. The topological polar surface area (TPSA) is 179 Å². The molecule has 2 heterocycles. The summed E-state index contributed by atoms with van der Waals surface area (Å²) in [6.45, 7) is 3.06. The van der Waals surface area contributed by atoms with Gasteiger partial charge in [0.15, 0.2) is 6.29 Å². The highest BCUT2D eigenvalue weighted by atomic mass is 16.7. The first-order chi connectivity index (χ1) is 16.1. The number of aliphatic hydroxyl groups is 6. The molecule has 0 spiro atoms. The van der Waals surface area contributed by atoms with E-state index in [1.165, 1.54) is 0 Å². The van der Waals surface area contributed by atoms with E-state index in [9.17, 15) is 35.7 Å². The summed E-state index contributed by atoms with van der Waals surface area (Å²) in [6, 6.07) is 1.63. The molecule has 0 saturated carbocycles. The van der Waals surface area contributed by atoms with Gasteiger partial charge in [0.2, 0.25) is 6.29 Å². The Morgan fingerprint density at radius 3 is 2.35 bits per heavy atom. The SMILES string of the molecule is CC1=CCc2c(OC3OC(COC4OCC(O)C(O)C4O)C(O)C(O)C3O)cc(C)c(O)c2C1. The van der Waals surface area contributed by atoms with Gasteiger partial charge in [-0.15, -0.1) is 0 Å². The Balaban J connectivity index is 1.48. The molecule has 190 valence electrons. The average molecular weight is 484 g/mol. The smallest absolute Gasteiger partial charge is 0.229 e. The fraction of sp³-hybridized carbons (Fsp3) is 0.652. The van der Waals surface area contributed by atoms with Gasteiger partial charge in [0.05, 0.1) is 13.2 Å². The molecule has 9 unspecified atom stereocenters. The van der Waals surface area contributed by atoms with Crippen molar-refractivity contribution in [2.24, 2.45) is 0 Å². The minimum Gasteiger partial charge on any atom is -0.507 e. The molecule has 1 aromatic carbocycles. The first-order valence-corrected chi connectivity index (χ1v) is 11.2. The highest BCUT2D eigenvalue weighted by Gasteiger charge is 2.46. The second kappa shape index (κ2) is 10.1. The lowest BCUT2D eigenvalue weighted by Crippen LogP contribution is -2.61. The molecule has 2 aliphatic heterocycles. The third kappa shape index (κ3) is 4.81. The molecule has 2 fully saturated rings. The number of aliphatic hydroxyl groups excluding tert-OH is 6. The number of benzene rings is 1. The highest BCUT2D eigenvalue weighted by molar-refractivity contribution is 5.56. The summed E-state index contributed by atoms with van der Waals surface area (Å²) < 4.78 is 22.2. The molecule has 2 saturated heterocycles. The second-order valence-corrected chi connectivity index (χ2v) is 9.14. The highest BCUT2D eigenvalue weighted by Crippen LogP contribution is 2.39. The fourth-order valence-corrected chi connectivity index (χ4v) is 4.42.